The molecule has 14 heavy (non-hydrogen) atoms. The SMILES string of the molecule is CCCC(C)N/C(=C\C=O)C(C)(C)C. The van der Waals surface area contributed by atoms with Gasteiger partial charge in [0.05, 0.1) is 0 Å². The van der Waals surface area contributed by atoms with Crippen LogP contribution in [0.25, 0.3) is 0 Å². The summed E-state index contributed by atoms with van der Waals surface area (Å²) in [5, 5.41) is 3.39. The zero-order valence-corrected chi connectivity index (χ0v) is 10.1. The van der Waals surface area contributed by atoms with E-state index in [0.717, 1.165) is 24.8 Å². The van der Waals surface area contributed by atoms with Gasteiger partial charge in [0.15, 0.2) is 0 Å². The topological polar surface area (TPSA) is 29.1 Å². The summed E-state index contributed by atoms with van der Waals surface area (Å²) in [6.45, 7) is 10.6. The van der Waals surface area contributed by atoms with Crippen LogP contribution in [0.4, 0.5) is 0 Å². The molecule has 0 aromatic heterocycles. The Bertz CT molecular complexity index is 201. The highest BCUT2D eigenvalue weighted by Gasteiger charge is 2.17. The number of hydrogen-bond donors (Lipinski definition) is 1. The Kier molecular flexibility index (Phi) is 5.51. The van der Waals surface area contributed by atoms with Crippen molar-refractivity contribution in [2.45, 2.75) is 53.5 Å². The second-order valence-corrected chi connectivity index (χ2v) is 4.80. The van der Waals surface area contributed by atoms with Crippen molar-refractivity contribution in [2.75, 3.05) is 0 Å². The van der Waals surface area contributed by atoms with Gasteiger partial charge >= 0.3 is 0 Å². The Balaban J connectivity index is 4.40. The number of carbonyl (C=O) groups excluding carboxylic acids is 1. The summed E-state index contributed by atoms with van der Waals surface area (Å²) in [6.07, 6.45) is 4.78. The lowest BCUT2D eigenvalue weighted by Crippen LogP contribution is -2.31. The van der Waals surface area contributed by atoms with Crippen LogP contribution in [-0.2, 0) is 4.79 Å². The normalized spacial score (nSPS) is 15.1. The molecule has 0 heterocycles. The van der Waals surface area contributed by atoms with Gasteiger partial charge in [-0.15, -0.1) is 0 Å². The van der Waals surface area contributed by atoms with Gasteiger partial charge in [0.1, 0.15) is 6.29 Å². The van der Waals surface area contributed by atoms with E-state index in [9.17, 15) is 4.79 Å². The summed E-state index contributed by atoms with van der Waals surface area (Å²) < 4.78 is 0. The van der Waals surface area contributed by atoms with E-state index in [0.29, 0.717) is 6.04 Å². The van der Waals surface area contributed by atoms with E-state index in [2.05, 4.69) is 39.9 Å². The highest BCUT2D eigenvalue weighted by Crippen LogP contribution is 2.23. The molecule has 1 atom stereocenters. The first-order valence-electron chi connectivity index (χ1n) is 5.34. The van der Waals surface area contributed by atoms with Crippen molar-refractivity contribution in [2.24, 2.45) is 5.41 Å². The quantitative estimate of drug-likeness (QED) is 0.542. The second-order valence-electron chi connectivity index (χ2n) is 4.80. The number of aldehydes is 1. The lowest BCUT2D eigenvalue weighted by atomic mass is 9.91. The summed E-state index contributed by atoms with van der Waals surface area (Å²) in [7, 11) is 0. The Labute approximate surface area is 87.8 Å². The third-order valence-corrected chi connectivity index (χ3v) is 2.17. The number of nitrogens with one attached hydrogen (secondary N) is 1. The minimum atomic E-state index is 0.0168. The van der Waals surface area contributed by atoms with E-state index in [1.165, 1.54) is 0 Å². The van der Waals surface area contributed by atoms with Gasteiger partial charge in [0.2, 0.25) is 0 Å². The molecular weight excluding hydrogens is 174 g/mol. The van der Waals surface area contributed by atoms with Crippen LogP contribution in [0.2, 0.25) is 0 Å². The van der Waals surface area contributed by atoms with Gasteiger partial charge in [0, 0.05) is 17.2 Å². The molecule has 0 aliphatic heterocycles. The average Bonchev–Trinajstić information content (AvgIpc) is 2.02. The molecule has 0 aliphatic carbocycles. The highest BCUT2D eigenvalue weighted by molar-refractivity contribution is 5.66. The maximum absolute atomic E-state index is 10.5. The first kappa shape index (κ1) is 13.2. The summed E-state index contributed by atoms with van der Waals surface area (Å²) in [6, 6.07) is 0.436. The van der Waals surface area contributed by atoms with Gasteiger partial charge in [-0.25, -0.2) is 0 Å². The molecular formula is C12H23NO. The Morgan fingerprint density at radius 2 is 2.00 bits per heavy atom. The van der Waals surface area contributed by atoms with E-state index >= 15 is 0 Å². The van der Waals surface area contributed by atoms with Crippen molar-refractivity contribution in [3.05, 3.63) is 11.8 Å². The molecule has 0 fully saturated rings. The molecule has 0 aliphatic rings. The van der Waals surface area contributed by atoms with Crippen molar-refractivity contribution in [3.8, 4) is 0 Å². The first-order valence-corrected chi connectivity index (χ1v) is 5.34. The zero-order valence-electron chi connectivity index (χ0n) is 10.1. The maximum Gasteiger partial charge on any atom is 0.144 e. The molecule has 0 amide bonds. The summed E-state index contributed by atoms with van der Waals surface area (Å²) >= 11 is 0. The minimum absolute atomic E-state index is 0.0168. The Morgan fingerprint density at radius 3 is 2.36 bits per heavy atom. The predicted molar refractivity (Wildman–Crippen MR) is 61.1 cm³/mol. The molecule has 0 radical (unpaired) electrons. The van der Waals surface area contributed by atoms with Crippen LogP contribution in [0.5, 0.6) is 0 Å². The van der Waals surface area contributed by atoms with Crippen molar-refractivity contribution in [3.63, 3.8) is 0 Å². The van der Waals surface area contributed by atoms with E-state index in [1.807, 2.05) is 0 Å². The molecule has 1 unspecified atom stereocenters. The molecule has 0 spiro atoms. The van der Waals surface area contributed by atoms with Crippen molar-refractivity contribution in [1.82, 2.24) is 5.32 Å². The fourth-order valence-corrected chi connectivity index (χ4v) is 1.35. The van der Waals surface area contributed by atoms with Gasteiger partial charge < -0.3 is 5.32 Å². The number of rotatable bonds is 5. The van der Waals surface area contributed by atoms with E-state index in [4.69, 9.17) is 0 Å². The van der Waals surface area contributed by atoms with Gasteiger partial charge in [-0.1, -0.05) is 34.1 Å². The molecule has 0 saturated carbocycles. The van der Waals surface area contributed by atoms with Crippen molar-refractivity contribution >= 4 is 6.29 Å². The van der Waals surface area contributed by atoms with Crippen LogP contribution in [0, 0.1) is 5.41 Å². The Hall–Kier alpha value is -0.790. The smallest absolute Gasteiger partial charge is 0.144 e. The van der Waals surface area contributed by atoms with Crippen LogP contribution in [0.1, 0.15) is 47.5 Å². The molecule has 1 N–H and O–H groups in total. The van der Waals surface area contributed by atoms with Crippen molar-refractivity contribution < 1.29 is 4.79 Å². The molecule has 0 rings (SSSR count). The fraction of sp³-hybridized carbons (Fsp3) is 0.750. The predicted octanol–water partition coefficient (Wildman–Crippen LogP) is 2.89. The van der Waals surface area contributed by atoms with Crippen LogP contribution in [0.3, 0.4) is 0 Å². The lowest BCUT2D eigenvalue weighted by molar-refractivity contribution is -0.104. The van der Waals surface area contributed by atoms with E-state index in [1.54, 1.807) is 6.08 Å². The fourth-order valence-electron chi connectivity index (χ4n) is 1.35. The van der Waals surface area contributed by atoms with Crippen LogP contribution in [0.15, 0.2) is 11.8 Å². The molecule has 0 aromatic rings. The number of allylic oxidation sites excluding steroid dienone is 2. The monoisotopic (exact) mass is 197 g/mol. The van der Waals surface area contributed by atoms with Crippen LogP contribution in [-0.4, -0.2) is 12.3 Å². The zero-order chi connectivity index (χ0) is 11.2. The molecule has 82 valence electrons. The molecule has 0 saturated heterocycles. The van der Waals surface area contributed by atoms with Gasteiger partial charge in [0.25, 0.3) is 0 Å². The third kappa shape index (κ3) is 5.05. The number of carbonyl (C=O) groups is 1. The number of hydrogen-bond acceptors (Lipinski definition) is 2. The molecule has 0 bridgehead atoms. The van der Waals surface area contributed by atoms with Crippen molar-refractivity contribution in [1.29, 1.82) is 0 Å². The van der Waals surface area contributed by atoms with E-state index < -0.39 is 0 Å². The molecule has 2 heteroatoms. The van der Waals surface area contributed by atoms with Crippen LogP contribution >= 0.6 is 0 Å². The summed E-state index contributed by atoms with van der Waals surface area (Å²) in [5.41, 5.74) is 1.04. The Morgan fingerprint density at radius 1 is 1.43 bits per heavy atom. The maximum atomic E-state index is 10.5. The average molecular weight is 197 g/mol. The highest BCUT2D eigenvalue weighted by atomic mass is 16.1. The summed E-state index contributed by atoms with van der Waals surface area (Å²) in [4.78, 5) is 10.5. The first-order chi connectivity index (χ1) is 6.41. The van der Waals surface area contributed by atoms with Gasteiger partial charge in [-0.3, -0.25) is 4.79 Å². The minimum Gasteiger partial charge on any atom is -0.385 e. The second kappa shape index (κ2) is 5.84. The largest absolute Gasteiger partial charge is 0.385 e. The third-order valence-electron chi connectivity index (χ3n) is 2.17. The van der Waals surface area contributed by atoms with Crippen LogP contribution < -0.4 is 5.32 Å². The standard InChI is InChI=1S/C12H23NO/c1-6-7-10(2)13-11(8-9-14)12(3,4)5/h8-10,13H,6-7H2,1-5H3/b11-8-. The van der Waals surface area contributed by atoms with Gasteiger partial charge in [-0.05, 0) is 19.4 Å². The van der Waals surface area contributed by atoms with Gasteiger partial charge in [-0.2, -0.15) is 0 Å². The van der Waals surface area contributed by atoms with E-state index in [-0.39, 0.29) is 5.41 Å². The lowest BCUT2D eigenvalue weighted by Gasteiger charge is -2.27. The molecule has 0 aromatic carbocycles. The molecule has 2 nitrogen and oxygen atoms in total. The summed E-state index contributed by atoms with van der Waals surface area (Å²) in [5.74, 6) is 0.